The Hall–Kier alpha value is -3.30. The summed E-state index contributed by atoms with van der Waals surface area (Å²) in [5.41, 5.74) is 3.62. The molecular weight excluding hydrogens is 447 g/mol. The molecule has 2 amide bonds. The molecule has 0 unspecified atom stereocenters. The van der Waals surface area contributed by atoms with Crippen LogP contribution in [0.3, 0.4) is 0 Å². The number of benzene rings is 2. The first-order valence-corrected chi connectivity index (χ1v) is 12.2. The first kappa shape index (κ1) is 23.4. The molecule has 0 aliphatic carbocycles. The van der Waals surface area contributed by atoms with Gasteiger partial charge in [0.05, 0.1) is 18.8 Å². The lowest BCUT2D eigenvalue weighted by atomic mass is 10.0. The minimum Gasteiger partial charge on any atom is -0.365 e. The predicted molar refractivity (Wildman–Crippen MR) is 129 cm³/mol. The van der Waals surface area contributed by atoms with Crippen LogP contribution in [0, 0.1) is 5.82 Å². The molecule has 1 aromatic heterocycles. The van der Waals surface area contributed by atoms with E-state index in [1.54, 1.807) is 12.1 Å². The van der Waals surface area contributed by atoms with Gasteiger partial charge in [0.2, 0.25) is 0 Å². The zero-order chi connectivity index (χ0) is 24.0. The summed E-state index contributed by atoms with van der Waals surface area (Å²) in [7, 11) is 0. The van der Waals surface area contributed by atoms with E-state index in [2.05, 4.69) is 38.0 Å². The maximum atomic E-state index is 14.1. The van der Waals surface area contributed by atoms with E-state index in [4.69, 9.17) is 4.74 Å². The highest BCUT2D eigenvalue weighted by atomic mass is 19.1. The molecule has 2 aromatic carbocycles. The Morgan fingerprint density at radius 3 is 2.66 bits per heavy atom. The first-order chi connectivity index (χ1) is 17.2. The molecule has 35 heavy (non-hydrogen) atoms. The largest absolute Gasteiger partial charge is 0.365 e. The first-order valence-electron chi connectivity index (χ1n) is 12.2. The van der Waals surface area contributed by atoms with Crippen molar-refractivity contribution < 1.29 is 13.9 Å². The minimum absolute atomic E-state index is 0.103. The van der Waals surface area contributed by atoms with Crippen LogP contribution in [0.4, 0.5) is 9.18 Å². The average Bonchev–Trinajstić information content (AvgIpc) is 3.28. The second-order valence-corrected chi connectivity index (χ2v) is 9.17. The van der Waals surface area contributed by atoms with Crippen LogP contribution in [-0.4, -0.2) is 51.6 Å². The van der Waals surface area contributed by atoms with E-state index in [9.17, 15) is 9.18 Å². The summed E-state index contributed by atoms with van der Waals surface area (Å²) in [6.07, 6.45) is 2.24. The number of ether oxygens (including phenoxy) is 1. The number of fused-ring (bicyclic) bond motifs is 1. The molecule has 3 heterocycles. The molecule has 0 radical (unpaired) electrons. The number of aromatic nitrogens is 3. The second kappa shape index (κ2) is 11.0. The molecule has 3 aromatic rings. The van der Waals surface area contributed by atoms with Crippen LogP contribution >= 0.6 is 0 Å². The molecule has 1 atom stereocenters. The number of likely N-dealkylation sites (tertiary alicyclic amines) is 1. The summed E-state index contributed by atoms with van der Waals surface area (Å²) in [5, 5.41) is 14.7. The number of carbonyl (C=O) groups excluding carboxylic acids is 1. The number of rotatable bonds is 7. The van der Waals surface area contributed by atoms with E-state index in [-0.39, 0.29) is 24.0 Å². The third kappa shape index (κ3) is 5.86. The van der Waals surface area contributed by atoms with Crippen molar-refractivity contribution in [1.29, 1.82) is 0 Å². The molecule has 184 valence electrons. The van der Waals surface area contributed by atoms with Crippen molar-refractivity contribution in [3.8, 4) is 0 Å². The van der Waals surface area contributed by atoms with Gasteiger partial charge < -0.3 is 15.4 Å². The maximum absolute atomic E-state index is 14.1. The lowest BCUT2D eigenvalue weighted by Gasteiger charge is -2.32. The highest BCUT2D eigenvalue weighted by molar-refractivity contribution is 5.74. The molecule has 5 rings (SSSR count). The van der Waals surface area contributed by atoms with Crippen molar-refractivity contribution >= 4 is 6.03 Å². The van der Waals surface area contributed by atoms with Gasteiger partial charge >= 0.3 is 6.03 Å². The van der Waals surface area contributed by atoms with E-state index in [0.29, 0.717) is 31.8 Å². The van der Waals surface area contributed by atoms with E-state index in [1.165, 1.54) is 11.6 Å². The van der Waals surface area contributed by atoms with E-state index in [0.717, 1.165) is 43.7 Å². The van der Waals surface area contributed by atoms with Crippen molar-refractivity contribution in [1.82, 2.24) is 30.5 Å². The third-order valence-electron chi connectivity index (χ3n) is 6.77. The number of hydrogen-bond acceptors (Lipinski definition) is 5. The van der Waals surface area contributed by atoms with Crippen LogP contribution in [0.2, 0.25) is 0 Å². The summed E-state index contributed by atoms with van der Waals surface area (Å²) in [4.78, 5) is 14.6. The number of nitrogens with zero attached hydrogens (tertiary/aromatic N) is 4. The maximum Gasteiger partial charge on any atom is 0.315 e. The number of urea groups is 1. The number of amides is 2. The summed E-state index contributed by atoms with van der Waals surface area (Å²) in [6, 6.07) is 16.9. The number of piperidine rings is 1. The van der Waals surface area contributed by atoms with Gasteiger partial charge in [-0.3, -0.25) is 4.90 Å². The molecule has 0 saturated carbocycles. The van der Waals surface area contributed by atoms with Crippen molar-refractivity contribution in [2.45, 2.75) is 51.1 Å². The molecular formula is C26H31FN6O2. The number of carbonyl (C=O) groups is 1. The van der Waals surface area contributed by atoms with Gasteiger partial charge in [0.1, 0.15) is 17.6 Å². The zero-order valence-electron chi connectivity index (χ0n) is 19.7. The Labute approximate surface area is 204 Å². The Balaban J connectivity index is 1.06. The van der Waals surface area contributed by atoms with Gasteiger partial charge in [-0.15, -0.1) is 5.10 Å². The lowest BCUT2D eigenvalue weighted by Crippen LogP contribution is -2.48. The topological polar surface area (TPSA) is 84.3 Å². The fourth-order valence-electron chi connectivity index (χ4n) is 4.76. The third-order valence-corrected chi connectivity index (χ3v) is 6.77. The molecule has 8 nitrogen and oxygen atoms in total. The molecule has 2 N–H and O–H groups in total. The van der Waals surface area contributed by atoms with Crippen LogP contribution in [0.1, 0.15) is 41.5 Å². The van der Waals surface area contributed by atoms with Gasteiger partial charge in [-0.2, -0.15) is 0 Å². The summed E-state index contributed by atoms with van der Waals surface area (Å²) in [6.45, 7) is 3.88. The van der Waals surface area contributed by atoms with Gasteiger partial charge in [-0.05, 0) is 30.9 Å². The quantitative estimate of drug-likeness (QED) is 0.545. The predicted octanol–water partition coefficient (Wildman–Crippen LogP) is 3.20. The van der Waals surface area contributed by atoms with Crippen LogP contribution in [0.5, 0.6) is 0 Å². The molecule has 1 saturated heterocycles. The number of halogens is 1. The Morgan fingerprint density at radius 2 is 1.86 bits per heavy atom. The molecule has 1 fully saturated rings. The number of hydrogen-bond donors (Lipinski definition) is 2. The zero-order valence-corrected chi connectivity index (χ0v) is 19.7. The Bertz CT molecular complexity index is 1130. The van der Waals surface area contributed by atoms with Gasteiger partial charge in [-0.25, -0.2) is 13.9 Å². The Morgan fingerprint density at radius 1 is 1.09 bits per heavy atom. The summed E-state index contributed by atoms with van der Waals surface area (Å²) in [5.74, 6) is -0.261. The standard InChI is InChI=1S/C26H31FN6O2/c27-22-9-5-4-8-21(22)25-17-33-24(18-35-25)23(30-31-33)16-32-14-11-20(12-15-32)29-26(34)28-13-10-19-6-2-1-3-7-19/h1-9,20,25H,10-18H2,(H2,28,29,34)/t25-/m0/s1. The van der Waals surface area contributed by atoms with E-state index in [1.807, 2.05) is 28.9 Å². The average molecular weight is 479 g/mol. The molecule has 9 heteroatoms. The van der Waals surface area contributed by atoms with Crippen molar-refractivity contribution in [3.05, 3.63) is 82.9 Å². The van der Waals surface area contributed by atoms with Crippen LogP contribution < -0.4 is 10.6 Å². The SMILES string of the molecule is O=C(NCCc1ccccc1)NC1CCN(Cc2nnn3c2CO[C@H](c2ccccc2F)C3)CC1. The normalized spacial score (nSPS) is 18.7. The van der Waals surface area contributed by atoms with Crippen molar-refractivity contribution in [2.75, 3.05) is 19.6 Å². The molecule has 0 spiro atoms. The monoisotopic (exact) mass is 478 g/mol. The van der Waals surface area contributed by atoms with E-state index >= 15 is 0 Å². The highest BCUT2D eigenvalue weighted by Gasteiger charge is 2.28. The van der Waals surface area contributed by atoms with Crippen LogP contribution in [0.15, 0.2) is 54.6 Å². The van der Waals surface area contributed by atoms with Crippen molar-refractivity contribution in [2.24, 2.45) is 0 Å². The summed E-state index contributed by atoms with van der Waals surface area (Å²) >= 11 is 0. The highest BCUT2D eigenvalue weighted by Crippen LogP contribution is 2.29. The Kier molecular flexibility index (Phi) is 7.34. The second-order valence-electron chi connectivity index (χ2n) is 9.17. The van der Waals surface area contributed by atoms with Gasteiger partial charge in [0.25, 0.3) is 0 Å². The van der Waals surface area contributed by atoms with Gasteiger partial charge in [0, 0.05) is 37.8 Å². The smallest absolute Gasteiger partial charge is 0.315 e. The van der Waals surface area contributed by atoms with Crippen LogP contribution in [0.25, 0.3) is 0 Å². The van der Waals surface area contributed by atoms with Gasteiger partial charge in [0.15, 0.2) is 0 Å². The van der Waals surface area contributed by atoms with Crippen molar-refractivity contribution in [3.63, 3.8) is 0 Å². The van der Waals surface area contributed by atoms with Gasteiger partial charge in [-0.1, -0.05) is 53.7 Å². The molecule has 0 bridgehead atoms. The molecule has 2 aliphatic rings. The molecule has 2 aliphatic heterocycles. The minimum atomic E-state index is -0.362. The lowest BCUT2D eigenvalue weighted by molar-refractivity contribution is -0.00414. The summed E-state index contributed by atoms with van der Waals surface area (Å²) < 4.78 is 21.9. The van der Waals surface area contributed by atoms with E-state index < -0.39 is 0 Å². The number of nitrogens with one attached hydrogen (secondary N) is 2. The fourth-order valence-corrected chi connectivity index (χ4v) is 4.76. The van der Waals surface area contributed by atoms with Crippen LogP contribution in [-0.2, 0) is 30.9 Å². The fraction of sp³-hybridized carbons (Fsp3) is 0.423.